The number of aromatic nitrogens is 2. The number of pyridine rings is 1. The van der Waals surface area contributed by atoms with E-state index in [1.165, 1.54) is 0 Å². The number of benzene rings is 1. The van der Waals surface area contributed by atoms with Crippen LogP contribution >= 0.6 is 0 Å². The second kappa shape index (κ2) is 7.42. The third-order valence-corrected chi connectivity index (χ3v) is 4.57. The van der Waals surface area contributed by atoms with Gasteiger partial charge in [-0.3, -0.25) is 4.57 Å². The molecule has 138 valence electrons. The summed E-state index contributed by atoms with van der Waals surface area (Å²) in [4.78, 5) is 4.53. The summed E-state index contributed by atoms with van der Waals surface area (Å²) in [6, 6.07) is 7.97. The van der Waals surface area contributed by atoms with Crippen molar-refractivity contribution in [3.05, 3.63) is 52.9 Å². The molecule has 0 unspecified atom stereocenters. The van der Waals surface area contributed by atoms with Gasteiger partial charge in [-0.1, -0.05) is 6.07 Å². The number of aryl methyl sites for hydroxylation is 1. The first-order chi connectivity index (χ1) is 13.0. The van der Waals surface area contributed by atoms with Gasteiger partial charge in [0.15, 0.2) is 0 Å². The van der Waals surface area contributed by atoms with Crippen molar-refractivity contribution in [2.24, 2.45) is 0 Å². The van der Waals surface area contributed by atoms with Crippen LogP contribution in [0.5, 0.6) is 5.75 Å². The predicted molar refractivity (Wildman–Crippen MR) is 107 cm³/mol. The molecule has 0 radical (unpaired) electrons. The zero-order valence-corrected chi connectivity index (χ0v) is 15.9. The van der Waals surface area contributed by atoms with Crippen molar-refractivity contribution in [2.75, 3.05) is 19.5 Å². The summed E-state index contributed by atoms with van der Waals surface area (Å²) in [7, 11) is 1.63. The maximum absolute atomic E-state index is 9.76. The van der Waals surface area contributed by atoms with Crippen molar-refractivity contribution in [1.29, 1.82) is 5.26 Å². The summed E-state index contributed by atoms with van der Waals surface area (Å²) in [6.45, 7) is 6.45. The molecule has 2 aromatic heterocycles. The first kappa shape index (κ1) is 18.3. The van der Waals surface area contributed by atoms with Crippen LogP contribution in [0.4, 0.5) is 5.82 Å². The van der Waals surface area contributed by atoms with Gasteiger partial charge in [-0.25, -0.2) is 4.98 Å². The molecule has 3 rings (SSSR count). The Balaban J connectivity index is 2.39. The molecule has 0 bridgehead atoms. The molecule has 0 aliphatic carbocycles. The van der Waals surface area contributed by atoms with E-state index < -0.39 is 0 Å². The minimum absolute atomic E-state index is 0.358. The van der Waals surface area contributed by atoms with Gasteiger partial charge in [0.25, 0.3) is 0 Å². The van der Waals surface area contributed by atoms with Crippen LogP contribution in [0.2, 0.25) is 0 Å². The molecule has 27 heavy (non-hydrogen) atoms. The van der Waals surface area contributed by atoms with Gasteiger partial charge in [-0.2, -0.15) is 5.26 Å². The predicted octanol–water partition coefficient (Wildman–Crippen LogP) is 4.11. The van der Waals surface area contributed by atoms with Crippen LogP contribution in [0.15, 0.2) is 30.7 Å². The lowest BCUT2D eigenvalue weighted by Crippen LogP contribution is -2.06. The molecule has 0 saturated carbocycles. The van der Waals surface area contributed by atoms with Crippen molar-refractivity contribution in [3.63, 3.8) is 0 Å². The summed E-state index contributed by atoms with van der Waals surface area (Å²) in [5, 5.41) is 10.5. The molecule has 0 fully saturated rings. The molecule has 2 N–H and O–H groups in total. The normalized spacial score (nSPS) is 11.1. The number of nitrogen functional groups attached to an aromatic ring is 1. The fourth-order valence-electron chi connectivity index (χ4n) is 3.32. The van der Waals surface area contributed by atoms with E-state index in [-0.39, 0.29) is 0 Å². The van der Waals surface area contributed by atoms with Crippen molar-refractivity contribution >= 4 is 22.9 Å². The highest BCUT2D eigenvalue weighted by molar-refractivity contribution is 5.97. The first-order valence-corrected chi connectivity index (χ1v) is 8.66. The Morgan fingerprint density at radius 3 is 2.74 bits per heavy atom. The zero-order valence-electron chi connectivity index (χ0n) is 15.9. The number of nitrogens with two attached hydrogens (primary N) is 1. The average Bonchev–Trinajstić information content (AvgIpc) is 2.95. The highest BCUT2D eigenvalue weighted by Gasteiger charge is 2.22. The topological polar surface area (TPSA) is 86.1 Å². The monoisotopic (exact) mass is 362 g/mol. The Labute approximate surface area is 158 Å². The number of anilines is 1. The molecular formula is C21H22N4O2. The number of ether oxygens (including phenoxy) is 2. The highest BCUT2D eigenvalue weighted by Crippen LogP contribution is 2.37. The molecule has 0 atom stereocenters. The second-order valence-electron chi connectivity index (χ2n) is 6.12. The van der Waals surface area contributed by atoms with Crippen LogP contribution in [0.1, 0.15) is 29.2 Å². The summed E-state index contributed by atoms with van der Waals surface area (Å²) in [5.41, 5.74) is 11.1. The average molecular weight is 362 g/mol. The van der Waals surface area contributed by atoms with E-state index >= 15 is 0 Å². The first-order valence-electron chi connectivity index (χ1n) is 8.66. The van der Waals surface area contributed by atoms with E-state index in [4.69, 9.17) is 15.2 Å². The highest BCUT2D eigenvalue weighted by atomic mass is 16.5. The molecular weight excluding hydrogens is 340 g/mol. The number of nitriles is 1. The molecule has 0 aliphatic rings. The summed E-state index contributed by atoms with van der Waals surface area (Å²) in [5.74, 6) is 1.11. The smallest absolute Gasteiger partial charge is 0.148 e. The van der Waals surface area contributed by atoms with Crippen LogP contribution in [-0.2, 0) is 4.74 Å². The third kappa shape index (κ3) is 2.97. The zero-order chi connectivity index (χ0) is 19.6. The number of rotatable bonds is 5. The third-order valence-electron chi connectivity index (χ3n) is 4.57. The molecule has 3 aromatic rings. The second-order valence-corrected chi connectivity index (χ2v) is 6.12. The minimum atomic E-state index is 0.358. The molecule has 0 saturated heterocycles. The molecule has 0 aliphatic heterocycles. The lowest BCUT2D eigenvalue weighted by molar-refractivity contribution is 0.272. The maximum Gasteiger partial charge on any atom is 0.148 e. The molecule has 2 heterocycles. The standard InChI is InChI=1S/C21H22N4O2/c1-5-27-11-9-15-8-10-24-21-18(15)16(12-22)20(23)25(21)19-13(2)6-7-17(26-4)14(19)3/h6-11H,5,23H2,1-4H3/b11-9+. The molecule has 6 nitrogen and oxygen atoms in total. The number of hydrogen-bond acceptors (Lipinski definition) is 5. The van der Waals surface area contributed by atoms with Gasteiger partial charge in [0, 0.05) is 17.1 Å². The molecule has 0 spiro atoms. The summed E-state index contributed by atoms with van der Waals surface area (Å²) < 4.78 is 12.6. The van der Waals surface area contributed by atoms with Crippen molar-refractivity contribution in [1.82, 2.24) is 9.55 Å². The van der Waals surface area contributed by atoms with Crippen LogP contribution in [-0.4, -0.2) is 23.3 Å². The molecule has 6 heteroatoms. The fourth-order valence-corrected chi connectivity index (χ4v) is 3.32. The molecule has 0 amide bonds. The van der Waals surface area contributed by atoms with Gasteiger partial charge in [-0.15, -0.1) is 0 Å². The van der Waals surface area contributed by atoms with E-state index in [9.17, 15) is 5.26 Å². The Morgan fingerprint density at radius 2 is 2.07 bits per heavy atom. The van der Waals surface area contributed by atoms with E-state index in [0.29, 0.717) is 29.0 Å². The van der Waals surface area contributed by atoms with Gasteiger partial charge in [0.2, 0.25) is 0 Å². The Kier molecular flexibility index (Phi) is 5.04. The van der Waals surface area contributed by atoms with E-state index in [1.54, 1.807) is 19.6 Å². The lowest BCUT2D eigenvalue weighted by atomic mass is 10.1. The van der Waals surface area contributed by atoms with E-state index in [2.05, 4.69) is 11.1 Å². The minimum Gasteiger partial charge on any atom is -0.501 e. The van der Waals surface area contributed by atoms with Gasteiger partial charge < -0.3 is 15.2 Å². The Hall–Kier alpha value is -3.46. The SMILES string of the molecule is CCO/C=C/c1ccnc2c1c(C#N)c(N)n2-c1c(C)ccc(OC)c1C. The lowest BCUT2D eigenvalue weighted by Gasteiger charge is -2.16. The number of nitrogens with zero attached hydrogens (tertiary/aromatic N) is 3. The van der Waals surface area contributed by atoms with Gasteiger partial charge in [0.1, 0.15) is 28.8 Å². The van der Waals surface area contributed by atoms with Crippen molar-refractivity contribution in [2.45, 2.75) is 20.8 Å². The quantitative estimate of drug-likeness (QED) is 0.690. The van der Waals surface area contributed by atoms with Crippen LogP contribution in [0.25, 0.3) is 22.8 Å². The Morgan fingerprint density at radius 1 is 1.30 bits per heavy atom. The summed E-state index contributed by atoms with van der Waals surface area (Å²) >= 11 is 0. The maximum atomic E-state index is 9.76. The fraction of sp³-hybridized carbons (Fsp3) is 0.238. The van der Waals surface area contributed by atoms with E-state index in [0.717, 1.165) is 28.1 Å². The summed E-state index contributed by atoms with van der Waals surface area (Å²) in [6.07, 6.45) is 5.14. The largest absolute Gasteiger partial charge is 0.501 e. The Bertz CT molecular complexity index is 1070. The van der Waals surface area contributed by atoms with E-state index in [1.807, 2.05) is 49.6 Å². The van der Waals surface area contributed by atoms with Crippen LogP contribution in [0, 0.1) is 25.2 Å². The van der Waals surface area contributed by atoms with Gasteiger partial charge >= 0.3 is 0 Å². The number of methoxy groups -OCH3 is 1. The van der Waals surface area contributed by atoms with Gasteiger partial charge in [0.05, 0.1) is 25.7 Å². The van der Waals surface area contributed by atoms with Crippen molar-refractivity contribution < 1.29 is 9.47 Å². The number of fused-ring (bicyclic) bond motifs is 1. The van der Waals surface area contributed by atoms with Crippen LogP contribution < -0.4 is 10.5 Å². The van der Waals surface area contributed by atoms with Gasteiger partial charge in [-0.05, 0) is 50.1 Å². The van der Waals surface area contributed by atoms with Crippen LogP contribution in [0.3, 0.4) is 0 Å². The molecule has 1 aromatic carbocycles. The number of hydrogen-bond donors (Lipinski definition) is 1. The van der Waals surface area contributed by atoms with Crippen molar-refractivity contribution in [3.8, 4) is 17.5 Å².